The van der Waals surface area contributed by atoms with Crippen molar-refractivity contribution in [2.75, 3.05) is 4.90 Å². The van der Waals surface area contributed by atoms with Gasteiger partial charge in [-0.1, -0.05) is 66.7 Å². The summed E-state index contributed by atoms with van der Waals surface area (Å²) in [5, 5.41) is 0. The first-order chi connectivity index (χ1) is 14.6. The van der Waals surface area contributed by atoms with Gasteiger partial charge in [-0.05, 0) is 41.3 Å². The number of ketones is 1. The number of anilines is 1. The lowest BCUT2D eigenvalue weighted by Crippen LogP contribution is -2.57. The van der Waals surface area contributed by atoms with E-state index < -0.39 is 17.3 Å². The lowest BCUT2D eigenvalue weighted by Gasteiger charge is -2.52. The standard InChI is InChI=1S/C26H19NO3/c1-15(28)26-19-13-7-5-11-17(19)21(18-12-6-8-14-20(18)26)22-23(26)25(30)27(24(22)29)16-9-3-2-4-10-16/h2-14,21-23H,1H3/t21?,22-,23+,26?/m0/s1. The van der Waals surface area contributed by atoms with Crippen molar-refractivity contribution in [2.45, 2.75) is 18.3 Å². The molecule has 4 heteroatoms. The number of carbonyl (C=O) groups is 3. The van der Waals surface area contributed by atoms with E-state index in [0.29, 0.717) is 5.69 Å². The molecule has 0 aromatic heterocycles. The van der Waals surface area contributed by atoms with Crippen LogP contribution in [0.5, 0.6) is 0 Å². The first-order valence-corrected chi connectivity index (χ1v) is 10.2. The number of hydrogen-bond donors (Lipinski definition) is 0. The normalized spacial score (nSPS) is 28.2. The molecule has 146 valence electrons. The van der Waals surface area contributed by atoms with Crippen LogP contribution in [0.2, 0.25) is 0 Å². The van der Waals surface area contributed by atoms with E-state index in [9.17, 15) is 14.4 Å². The summed E-state index contributed by atoms with van der Waals surface area (Å²) in [6, 6.07) is 24.7. The van der Waals surface area contributed by atoms with E-state index in [-0.39, 0.29) is 23.5 Å². The van der Waals surface area contributed by atoms with Crippen LogP contribution < -0.4 is 4.90 Å². The SMILES string of the molecule is CC(=O)C12c3ccccc3C(c3ccccc31)[C@@H]1C(=O)N(c3ccccc3)C(=O)[C@@H]12. The topological polar surface area (TPSA) is 54.5 Å². The number of benzene rings is 3. The van der Waals surface area contributed by atoms with Gasteiger partial charge in [0.05, 0.1) is 22.9 Å². The molecule has 1 heterocycles. The molecule has 2 bridgehead atoms. The van der Waals surface area contributed by atoms with Crippen molar-refractivity contribution in [1.29, 1.82) is 0 Å². The van der Waals surface area contributed by atoms with Gasteiger partial charge in [-0.3, -0.25) is 14.4 Å². The summed E-state index contributed by atoms with van der Waals surface area (Å²) in [7, 11) is 0. The van der Waals surface area contributed by atoms with Crippen LogP contribution in [0.15, 0.2) is 78.9 Å². The number of Topliss-reactive ketones (excluding diaryl/α,β-unsaturated/α-hetero) is 1. The molecule has 2 amide bonds. The average Bonchev–Trinajstić information content (AvgIpc) is 3.05. The highest BCUT2D eigenvalue weighted by atomic mass is 16.2. The van der Waals surface area contributed by atoms with Crippen LogP contribution in [-0.2, 0) is 19.8 Å². The van der Waals surface area contributed by atoms with Gasteiger partial charge in [0, 0.05) is 5.92 Å². The van der Waals surface area contributed by atoms with Gasteiger partial charge in [-0.2, -0.15) is 0 Å². The third-order valence-corrected chi connectivity index (χ3v) is 7.19. The van der Waals surface area contributed by atoms with Gasteiger partial charge >= 0.3 is 0 Å². The van der Waals surface area contributed by atoms with Crippen LogP contribution in [0.3, 0.4) is 0 Å². The first kappa shape index (κ1) is 17.3. The van der Waals surface area contributed by atoms with E-state index in [2.05, 4.69) is 0 Å². The van der Waals surface area contributed by atoms with Crippen molar-refractivity contribution in [3.05, 3.63) is 101 Å². The molecule has 0 N–H and O–H groups in total. The summed E-state index contributed by atoms with van der Waals surface area (Å²) in [5.41, 5.74) is 3.15. The number of nitrogens with zero attached hydrogens (tertiary/aromatic N) is 1. The summed E-state index contributed by atoms with van der Waals surface area (Å²) >= 11 is 0. The van der Waals surface area contributed by atoms with Gasteiger partial charge in [0.2, 0.25) is 11.8 Å². The molecule has 3 aromatic carbocycles. The van der Waals surface area contributed by atoms with Crippen LogP contribution >= 0.6 is 0 Å². The Bertz CT molecular complexity index is 1200. The van der Waals surface area contributed by atoms with E-state index in [1.807, 2.05) is 66.7 Å². The largest absolute Gasteiger partial charge is 0.299 e. The summed E-state index contributed by atoms with van der Waals surface area (Å²) < 4.78 is 0. The monoisotopic (exact) mass is 393 g/mol. The fraction of sp³-hybridized carbons (Fsp3) is 0.192. The van der Waals surface area contributed by atoms with E-state index >= 15 is 0 Å². The molecule has 0 saturated carbocycles. The van der Waals surface area contributed by atoms with Crippen molar-refractivity contribution >= 4 is 23.3 Å². The Kier molecular flexibility index (Phi) is 3.33. The zero-order valence-electron chi connectivity index (χ0n) is 16.4. The molecule has 4 nitrogen and oxygen atoms in total. The van der Waals surface area contributed by atoms with Crippen LogP contribution in [0, 0.1) is 11.8 Å². The maximum absolute atomic E-state index is 13.8. The molecule has 0 radical (unpaired) electrons. The molecule has 7 rings (SSSR count). The molecule has 1 fully saturated rings. The minimum atomic E-state index is -1.14. The van der Waals surface area contributed by atoms with Crippen molar-refractivity contribution in [1.82, 2.24) is 0 Å². The number of imide groups is 1. The third kappa shape index (κ3) is 1.80. The highest BCUT2D eigenvalue weighted by molar-refractivity contribution is 6.25. The van der Waals surface area contributed by atoms with Crippen LogP contribution in [0.25, 0.3) is 0 Å². The predicted octanol–water partition coefficient (Wildman–Crippen LogP) is 3.83. The van der Waals surface area contributed by atoms with E-state index in [1.54, 1.807) is 19.1 Å². The number of para-hydroxylation sites is 1. The van der Waals surface area contributed by atoms with E-state index in [0.717, 1.165) is 22.3 Å². The van der Waals surface area contributed by atoms with E-state index in [1.165, 1.54) is 4.90 Å². The highest BCUT2D eigenvalue weighted by Gasteiger charge is 2.69. The second kappa shape index (κ2) is 5.76. The predicted molar refractivity (Wildman–Crippen MR) is 112 cm³/mol. The Hall–Kier alpha value is -3.53. The molecule has 3 aliphatic carbocycles. The highest BCUT2D eigenvalue weighted by Crippen LogP contribution is 2.64. The Balaban J connectivity index is 1.70. The zero-order chi connectivity index (χ0) is 20.6. The van der Waals surface area contributed by atoms with Gasteiger partial charge in [0.15, 0.2) is 0 Å². The van der Waals surface area contributed by atoms with Gasteiger partial charge in [0.1, 0.15) is 5.78 Å². The van der Waals surface area contributed by atoms with E-state index in [4.69, 9.17) is 0 Å². The van der Waals surface area contributed by atoms with Crippen LogP contribution in [0.1, 0.15) is 35.1 Å². The van der Waals surface area contributed by atoms with Gasteiger partial charge < -0.3 is 0 Å². The molecule has 4 aliphatic rings. The Morgan fingerprint density at radius 2 is 1.30 bits per heavy atom. The van der Waals surface area contributed by atoms with Crippen molar-refractivity contribution in [2.24, 2.45) is 11.8 Å². The first-order valence-electron chi connectivity index (χ1n) is 10.2. The van der Waals surface area contributed by atoms with Crippen LogP contribution in [0.4, 0.5) is 5.69 Å². The minimum Gasteiger partial charge on any atom is -0.299 e. The Morgan fingerprint density at radius 1 is 0.767 bits per heavy atom. The molecule has 0 unspecified atom stereocenters. The number of amides is 2. The molecule has 1 aliphatic heterocycles. The summed E-state index contributed by atoms with van der Waals surface area (Å²) in [6.07, 6.45) is 0. The third-order valence-electron chi connectivity index (χ3n) is 7.19. The molecule has 30 heavy (non-hydrogen) atoms. The van der Waals surface area contributed by atoms with Crippen LogP contribution in [-0.4, -0.2) is 17.6 Å². The molecule has 3 aromatic rings. The number of hydrogen-bond acceptors (Lipinski definition) is 3. The summed E-state index contributed by atoms with van der Waals surface area (Å²) in [5.74, 6) is -2.11. The second-order valence-electron chi connectivity index (χ2n) is 8.37. The molecule has 0 spiro atoms. The fourth-order valence-electron chi connectivity index (χ4n) is 6.20. The van der Waals surface area contributed by atoms with Crippen molar-refractivity contribution in [3.8, 4) is 0 Å². The second-order valence-corrected chi connectivity index (χ2v) is 8.37. The maximum Gasteiger partial charge on any atom is 0.239 e. The fourth-order valence-corrected chi connectivity index (χ4v) is 6.20. The maximum atomic E-state index is 13.8. The zero-order valence-corrected chi connectivity index (χ0v) is 16.4. The van der Waals surface area contributed by atoms with Crippen molar-refractivity contribution < 1.29 is 14.4 Å². The Labute approximate surface area is 174 Å². The van der Waals surface area contributed by atoms with Crippen molar-refractivity contribution in [3.63, 3.8) is 0 Å². The lowest BCUT2D eigenvalue weighted by atomic mass is 9.46. The number of carbonyl (C=O) groups excluding carboxylic acids is 3. The molecular formula is C26H19NO3. The minimum absolute atomic E-state index is 0.0911. The Morgan fingerprint density at radius 3 is 1.87 bits per heavy atom. The van der Waals surface area contributed by atoms with Gasteiger partial charge in [-0.15, -0.1) is 0 Å². The smallest absolute Gasteiger partial charge is 0.239 e. The quantitative estimate of drug-likeness (QED) is 0.622. The number of rotatable bonds is 2. The van der Waals surface area contributed by atoms with Gasteiger partial charge in [0.25, 0.3) is 0 Å². The average molecular weight is 393 g/mol. The lowest BCUT2D eigenvalue weighted by molar-refractivity contribution is -0.132. The molecule has 1 saturated heterocycles. The molecular weight excluding hydrogens is 374 g/mol. The summed E-state index contributed by atoms with van der Waals surface area (Å²) in [6.45, 7) is 1.55. The van der Waals surface area contributed by atoms with Gasteiger partial charge in [-0.25, -0.2) is 4.90 Å². The molecule has 2 atom stereocenters. The summed E-state index contributed by atoms with van der Waals surface area (Å²) in [4.78, 5) is 42.3.